The molecule has 0 radical (unpaired) electrons. The van der Waals surface area contributed by atoms with Gasteiger partial charge in [0.2, 0.25) is 11.8 Å². The number of hydrogen-bond donors (Lipinski definition) is 2. The van der Waals surface area contributed by atoms with Crippen molar-refractivity contribution < 1.29 is 50.3 Å². The average Bonchev–Trinajstić information content (AvgIpc) is 3.68. The van der Waals surface area contributed by atoms with E-state index in [-0.39, 0.29) is 73.0 Å². The number of anilines is 4. The zero-order valence-electron chi connectivity index (χ0n) is 35.2. The third-order valence-corrected chi connectivity index (χ3v) is 10.3. The molecule has 2 saturated heterocycles. The number of Topliss-reactive ketones (excluding diaryl/α,β-unsaturated/α-hetero) is 1. The van der Waals surface area contributed by atoms with Gasteiger partial charge in [0.25, 0.3) is 0 Å². The monoisotopic (exact) mass is 962 g/mol. The van der Waals surface area contributed by atoms with E-state index in [0.29, 0.717) is 28.8 Å². The van der Waals surface area contributed by atoms with Gasteiger partial charge in [-0.05, 0) is 89.1 Å². The van der Waals surface area contributed by atoms with E-state index >= 15 is 0 Å². The molecule has 2 aliphatic rings. The van der Waals surface area contributed by atoms with Crippen LogP contribution in [0.25, 0.3) is 0 Å². The molecule has 2 aliphatic heterocycles. The molecule has 0 saturated carbocycles. The minimum atomic E-state index is -4.57. The van der Waals surface area contributed by atoms with E-state index in [1.807, 2.05) is 27.7 Å². The van der Waals surface area contributed by atoms with Gasteiger partial charge >= 0.3 is 24.4 Å². The standard InChI is InChI=1S/C22H24F3N5O3.C20H21BrF3N5O2/c1-13(2)8-17-11-29(16-5-7-19(27-10-16)22(23,24)25)21(33)30(17)12-20(32)28-15-4-6-18(14(3)31)26-9-15;1-12(2)7-15-10-28(14-4-5-16(25-9-14)20(22,23)24)19(31)29(15)11-18(30)27-13-3-6-17(21)26-8-13/h4-7,9-10,13,17H,8,11-12H2,1-3H3,(H,28,32);3-6,8-9,12,15H,7,10-11H2,1-2H3,(H,27,30)/t17-;15-/m00/s1. The number of carbonyl (C=O) groups is 5. The van der Waals surface area contributed by atoms with Crippen LogP contribution in [0.5, 0.6) is 0 Å². The smallest absolute Gasteiger partial charge is 0.323 e. The molecule has 6 amide bonds. The van der Waals surface area contributed by atoms with E-state index in [0.717, 1.165) is 24.5 Å². The molecular formula is C42H45BrF6N10O5. The van der Waals surface area contributed by atoms with Gasteiger partial charge in [-0.3, -0.25) is 29.2 Å². The van der Waals surface area contributed by atoms with Crippen LogP contribution in [0.2, 0.25) is 0 Å². The number of nitrogens with zero attached hydrogens (tertiary/aromatic N) is 8. The van der Waals surface area contributed by atoms with Crippen LogP contribution in [0.1, 0.15) is 69.3 Å². The number of hydrogen-bond acceptors (Lipinski definition) is 9. The quantitative estimate of drug-likeness (QED) is 0.0756. The van der Waals surface area contributed by atoms with Crippen LogP contribution in [-0.2, 0) is 21.9 Å². The van der Waals surface area contributed by atoms with Crippen molar-refractivity contribution in [2.45, 2.75) is 71.9 Å². The molecule has 64 heavy (non-hydrogen) atoms. The van der Waals surface area contributed by atoms with Crippen molar-refractivity contribution in [2.24, 2.45) is 11.8 Å². The molecule has 0 spiro atoms. The van der Waals surface area contributed by atoms with Crippen molar-refractivity contribution >= 4 is 68.3 Å². The van der Waals surface area contributed by atoms with Crippen LogP contribution in [-0.4, -0.2) is 97.7 Å². The lowest BCUT2D eigenvalue weighted by Gasteiger charge is -2.23. The van der Waals surface area contributed by atoms with Crippen LogP contribution in [0.4, 0.5) is 58.7 Å². The molecule has 342 valence electrons. The number of amides is 6. The molecule has 0 aliphatic carbocycles. The number of ketones is 1. The second-order valence-corrected chi connectivity index (χ2v) is 16.7. The van der Waals surface area contributed by atoms with E-state index in [2.05, 4.69) is 46.5 Å². The molecule has 0 bridgehead atoms. The highest BCUT2D eigenvalue weighted by Gasteiger charge is 2.42. The highest BCUT2D eigenvalue weighted by atomic mass is 79.9. The van der Waals surface area contributed by atoms with Crippen LogP contribution in [0, 0.1) is 11.8 Å². The van der Waals surface area contributed by atoms with Crippen molar-refractivity contribution in [1.82, 2.24) is 29.7 Å². The Bertz CT molecular complexity index is 2280. The Morgan fingerprint density at radius 3 is 1.38 bits per heavy atom. The summed E-state index contributed by atoms with van der Waals surface area (Å²) in [4.78, 5) is 82.9. The molecule has 22 heteroatoms. The van der Waals surface area contributed by atoms with Gasteiger partial charge in [0.1, 0.15) is 34.8 Å². The van der Waals surface area contributed by atoms with Gasteiger partial charge in [-0.25, -0.2) is 24.5 Å². The number of rotatable bonds is 13. The molecule has 15 nitrogen and oxygen atoms in total. The van der Waals surface area contributed by atoms with E-state index in [4.69, 9.17) is 0 Å². The van der Waals surface area contributed by atoms with Crippen molar-refractivity contribution in [3.63, 3.8) is 0 Å². The van der Waals surface area contributed by atoms with Gasteiger partial charge in [-0.1, -0.05) is 27.7 Å². The van der Waals surface area contributed by atoms with Crippen LogP contribution >= 0.6 is 15.9 Å². The lowest BCUT2D eigenvalue weighted by Crippen LogP contribution is -2.41. The summed E-state index contributed by atoms with van der Waals surface area (Å²) >= 11 is 3.22. The Hall–Kier alpha value is -6.19. The Morgan fingerprint density at radius 2 is 1.06 bits per heavy atom. The summed E-state index contributed by atoms with van der Waals surface area (Å²) in [6.45, 7) is 9.40. The first kappa shape index (κ1) is 48.8. The fraction of sp³-hybridized carbons (Fsp3) is 0.405. The molecule has 6 rings (SSSR count). The van der Waals surface area contributed by atoms with E-state index in [1.165, 1.54) is 57.1 Å². The molecule has 2 atom stereocenters. The zero-order chi connectivity index (χ0) is 47.1. The molecule has 6 heterocycles. The first-order valence-electron chi connectivity index (χ1n) is 19.9. The van der Waals surface area contributed by atoms with E-state index in [9.17, 15) is 50.3 Å². The lowest BCUT2D eigenvalue weighted by atomic mass is 10.0. The topological polar surface area (TPSA) is 174 Å². The number of alkyl halides is 6. The number of aromatic nitrogens is 4. The van der Waals surface area contributed by atoms with Crippen molar-refractivity contribution in [3.8, 4) is 0 Å². The summed E-state index contributed by atoms with van der Waals surface area (Å²) in [5.41, 5.74) is -0.455. The van der Waals surface area contributed by atoms with Gasteiger partial charge in [0, 0.05) is 20.0 Å². The summed E-state index contributed by atoms with van der Waals surface area (Å²) in [6.07, 6.45) is -2.99. The fourth-order valence-corrected chi connectivity index (χ4v) is 7.21. The maximum Gasteiger partial charge on any atom is 0.433 e. The molecule has 2 fully saturated rings. The second kappa shape index (κ2) is 20.5. The first-order valence-corrected chi connectivity index (χ1v) is 20.7. The fourth-order valence-electron chi connectivity index (χ4n) is 6.98. The predicted octanol–water partition coefficient (Wildman–Crippen LogP) is 8.55. The average molecular weight is 964 g/mol. The maximum atomic E-state index is 13.1. The Morgan fingerprint density at radius 1 is 0.641 bits per heavy atom. The Kier molecular flexibility index (Phi) is 15.7. The molecular weight excluding hydrogens is 918 g/mol. The summed E-state index contributed by atoms with van der Waals surface area (Å²) in [5.74, 6) is -0.572. The zero-order valence-corrected chi connectivity index (χ0v) is 36.8. The molecule has 4 aromatic rings. The number of halogens is 7. The summed E-state index contributed by atoms with van der Waals surface area (Å²) in [6, 6.07) is 8.97. The van der Waals surface area contributed by atoms with Crippen LogP contribution in [0.15, 0.2) is 77.9 Å². The van der Waals surface area contributed by atoms with Crippen LogP contribution < -0.4 is 20.4 Å². The van der Waals surface area contributed by atoms with E-state index in [1.54, 1.807) is 18.2 Å². The molecule has 0 aromatic carbocycles. The number of pyridine rings is 4. The number of carbonyl (C=O) groups excluding carboxylic acids is 5. The third kappa shape index (κ3) is 12.9. The molecule has 4 aromatic heterocycles. The third-order valence-electron chi connectivity index (χ3n) is 9.86. The van der Waals surface area contributed by atoms with Crippen molar-refractivity contribution in [2.75, 3.05) is 46.6 Å². The van der Waals surface area contributed by atoms with Gasteiger partial charge in [0.05, 0.1) is 59.6 Å². The van der Waals surface area contributed by atoms with Gasteiger partial charge in [0.15, 0.2) is 5.78 Å². The summed E-state index contributed by atoms with van der Waals surface area (Å²) in [7, 11) is 0. The summed E-state index contributed by atoms with van der Waals surface area (Å²) in [5, 5.41) is 5.34. The van der Waals surface area contributed by atoms with Gasteiger partial charge < -0.3 is 20.4 Å². The number of urea groups is 2. The lowest BCUT2D eigenvalue weighted by molar-refractivity contribution is -0.141. The second-order valence-electron chi connectivity index (χ2n) is 15.9. The van der Waals surface area contributed by atoms with Crippen LogP contribution in [0.3, 0.4) is 0 Å². The van der Waals surface area contributed by atoms with E-state index < -0.39 is 47.6 Å². The molecule has 2 N–H and O–H groups in total. The SMILES string of the molecule is CC(=O)c1ccc(NC(=O)CN2C(=O)N(c3ccc(C(F)(F)F)nc3)C[C@@H]2CC(C)C)cn1.CC(C)C[C@H]1CN(c2ccc(C(F)(F)F)nc2)C(=O)N1CC(=O)Nc1ccc(Br)nc1. The largest absolute Gasteiger partial charge is 0.433 e. The number of nitrogens with one attached hydrogen (secondary N) is 2. The normalized spacial score (nSPS) is 16.7. The highest BCUT2D eigenvalue weighted by molar-refractivity contribution is 9.10. The first-order chi connectivity index (χ1) is 30.0. The Balaban J connectivity index is 0.000000241. The van der Waals surface area contributed by atoms with Crippen molar-refractivity contribution in [3.05, 3.63) is 95.0 Å². The summed E-state index contributed by atoms with van der Waals surface area (Å²) < 4.78 is 77.4. The van der Waals surface area contributed by atoms with Gasteiger partial charge in [-0.2, -0.15) is 26.3 Å². The van der Waals surface area contributed by atoms with Gasteiger partial charge in [-0.15, -0.1) is 0 Å². The minimum Gasteiger partial charge on any atom is -0.323 e. The van der Waals surface area contributed by atoms with Crippen molar-refractivity contribution in [1.29, 1.82) is 0 Å². The predicted molar refractivity (Wildman–Crippen MR) is 227 cm³/mol. The molecule has 0 unspecified atom stereocenters. The highest BCUT2D eigenvalue weighted by Crippen LogP contribution is 2.33. The maximum absolute atomic E-state index is 13.1. The minimum absolute atomic E-state index is 0.184. The Labute approximate surface area is 372 Å².